The summed E-state index contributed by atoms with van der Waals surface area (Å²) in [5, 5.41) is 3.49. The minimum absolute atomic E-state index is 0.0340. The van der Waals surface area contributed by atoms with Crippen LogP contribution in [0.5, 0.6) is 5.75 Å². The second-order valence-electron chi connectivity index (χ2n) is 9.49. The van der Waals surface area contributed by atoms with Crippen molar-refractivity contribution in [1.29, 1.82) is 0 Å². The van der Waals surface area contributed by atoms with Crippen molar-refractivity contribution in [2.45, 2.75) is 45.3 Å². The normalized spacial score (nSPS) is 13.0. The van der Waals surface area contributed by atoms with Crippen LogP contribution in [0.25, 0.3) is 10.2 Å². The molecule has 8 nitrogen and oxygen atoms in total. The Hall–Kier alpha value is -3.56. The second-order valence-corrected chi connectivity index (χ2v) is 10.4. The number of aromatic nitrogens is 3. The molecule has 0 aliphatic heterocycles. The molecule has 0 spiro atoms. The lowest BCUT2D eigenvalue weighted by atomic mass is 10.1. The largest absolute Gasteiger partial charge is 0.481 e. The molecule has 9 heteroatoms. The summed E-state index contributed by atoms with van der Waals surface area (Å²) in [4.78, 5) is 27.5. The van der Waals surface area contributed by atoms with E-state index in [9.17, 15) is 4.79 Å². The first-order valence-corrected chi connectivity index (χ1v) is 13.3. The number of carbonyl (C=O) groups is 1. The lowest BCUT2D eigenvalue weighted by molar-refractivity contribution is -0.125. The standard InChI is InChI=1S/C28H34N6O2S/c1-18(21-6-5-7-23(15-21)36-25(28(29)35)12-13-34(3)4)31-27-16-22(32-19(2)33-27)10-8-20-9-11-24-26(14-20)37-17-30-24/h5-7,9,11,14-18,25H,8,10,12-13H2,1-4H3,(H2,29,35)(H,31,32,33). The van der Waals surface area contributed by atoms with Crippen LogP contribution >= 0.6 is 11.3 Å². The Bertz CT molecular complexity index is 1360. The minimum Gasteiger partial charge on any atom is -0.481 e. The van der Waals surface area contributed by atoms with Crippen molar-refractivity contribution in [3.8, 4) is 5.75 Å². The molecule has 4 rings (SSSR count). The van der Waals surface area contributed by atoms with Crippen LogP contribution in [-0.4, -0.2) is 52.5 Å². The van der Waals surface area contributed by atoms with E-state index in [4.69, 9.17) is 10.5 Å². The van der Waals surface area contributed by atoms with Crippen LogP contribution in [-0.2, 0) is 17.6 Å². The highest BCUT2D eigenvalue weighted by Crippen LogP contribution is 2.24. The number of benzene rings is 2. The Morgan fingerprint density at radius 2 is 1.97 bits per heavy atom. The van der Waals surface area contributed by atoms with Gasteiger partial charge in [-0.2, -0.15) is 0 Å². The Kier molecular flexibility index (Phi) is 8.68. The van der Waals surface area contributed by atoms with Gasteiger partial charge in [0.1, 0.15) is 17.4 Å². The molecule has 0 radical (unpaired) electrons. The molecule has 0 bridgehead atoms. The van der Waals surface area contributed by atoms with E-state index in [0.717, 1.165) is 41.3 Å². The first-order chi connectivity index (χ1) is 17.8. The number of aryl methyl sites for hydroxylation is 3. The highest BCUT2D eigenvalue weighted by Gasteiger charge is 2.18. The average molecular weight is 519 g/mol. The van der Waals surface area contributed by atoms with Crippen LogP contribution in [0.4, 0.5) is 5.82 Å². The number of rotatable bonds is 12. The van der Waals surface area contributed by atoms with Gasteiger partial charge in [-0.25, -0.2) is 15.0 Å². The van der Waals surface area contributed by atoms with Crippen molar-refractivity contribution in [2.75, 3.05) is 26.0 Å². The number of anilines is 1. The van der Waals surface area contributed by atoms with Crippen LogP contribution in [0.15, 0.2) is 54.0 Å². The number of fused-ring (bicyclic) bond motifs is 1. The summed E-state index contributed by atoms with van der Waals surface area (Å²) in [6.07, 6.45) is 1.57. The van der Waals surface area contributed by atoms with E-state index in [1.165, 1.54) is 10.3 Å². The van der Waals surface area contributed by atoms with Crippen molar-refractivity contribution < 1.29 is 9.53 Å². The predicted molar refractivity (Wildman–Crippen MR) is 149 cm³/mol. The first-order valence-electron chi connectivity index (χ1n) is 12.4. The molecule has 3 N–H and O–H groups in total. The summed E-state index contributed by atoms with van der Waals surface area (Å²) in [6, 6.07) is 16.1. The second kappa shape index (κ2) is 12.1. The molecule has 2 aromatic carbocycles. The van der Waals surface area contributed by atoms with Crippen LogP contribution in [0.2, 0.25) is 0 Å². The number of amides is 1. The van der Waals surface area contributed by atoms with Crippen LogP contribution in [0, 0.1) is 6.92 Å². The number of hydrogen-bond donors (Lipinski definition) is 2. The molecule has 0 fully saturated rings. The highest BCUT2D eigenvalue weighted by molar-refractivity contribution is 7.16. The Labute approximate surface area is 221 Å². The lowest BCUT2D eigenvalue weighted by Gasteiger charge is -2.20. The Balaban J connectivity index is 1.41. The number of thiazole rings is 1. The van der Waals surface area contributed by atoms with Crippen molar-refractivity contribution >= 4 is 33.3 Å². The van der Waals surface area contributed by atoms with Gasteiger partial charge in [-0.3, -0.25) is 4.79 Å². The summed E-state index contributed by atoms with van der Waals surface area (Å²) < 4.78 is 7.15. The maximum absolute atomic E-state index is 11.9. The fraction of sp³-hybridized carbons (Fsp3) is 0.357. The number of primary amides is 1. The first kappa shape index (κ1) is 26.5. The van der Waals surface area contributed by atoms with Gasteiger partial charge in [-0.1, -0.05) is 18.2 Å². The van der Waals surface area contributed by atoms with E-state index < -0.39 is 12.0 Å². The summed E-state index contributed by atoms with van der Waals surface area (Å²) in [5.74, 6) is 1.66. The zero-order chi connectivity index (χ0) is 26.4. The Morgan fingerprint density at radius 3 is 2.76 bits per heavy atom. The van der Waals surface area contributed by atoms with E-state index in [1.807, 2.05) is 61.8 Å². The fourth-order valence-corrected chi connectivity index (χ4v) is 4.86. The molecule has 4 aromatic rings. The monoisotopic (exact) mass is 518 g/mol. The summed E-state index contributed by atoms with van der Waals surface area (Å²) >= 11 is 1.66. The predicted octanol–water partition coefficient (Wildman–Crippen LogP) is 4.54. The number of nitrogens with zero attached hydrogens (tertiary/aromatic N) is 4. The summed E-state index contributed by atoms with van der Waals surface area (Å²) in [6.45, 7) is 4.69. The van der Waals surface area contributed by atoms with Gasteiger partial charge in [0.25, 0.3) is 5.91 Å². The van der Waals surface area contributed by atoms with Crippen molar-refractivity contribution in [3.63, 3.8) is 0 Å². The van der Waals surface area contributed by atoms with Crippen LogP contribution in [0.3, 0.4) is 0 Å². The molecular weight excluding hydrogens is 484 g/mol. The van der Waals surface area contributed by atoms with Crippen molar-refractivity contribution in [3.05, 3.63) is 76.7 Å². The maximum Gasteiger partial charge on any atom is 0.258 e. The number of nitrogens with one attached hydrogen (secondary N) is 1. The topological polar surface area (TPSA) is 106 Å². The molecule has 2 unspecified atom stereocenters. The summed E-state index contributed by atoms with van der Waals surface area (Å²) in [5.41, 5.74) is 11.8. The van der Waals surface area contributed by atoms with E-state index in [-0.39, 0.29) is 6.04 Å². The quantitative estimate of drug-likeness (QED) is 0.284. The number of hydrogen-bond acceptors (Lipinski definition) is 8. The van der Waals surface area contributed by atoms with Crippen LogP contribution in [0.1, 0.15) is 42.0 Å². The third-order valence-electron chi connectivity index (χ3n) is 6.11. The van der Waals surface area contributed by atoms with Gasteiger partial charge < -0.3 is 20.7 Å². The molecular formula is C28H34N6O2S. The third-order valence-corrected chi connectivity index (χ3v) is 6.90. The zero-order valence-electron chi connectivity index (χ0n) is 21.8. The lowest BCUT2D eigenvalue weighted by Crippen LogP contribution is -2.36. The van der Waals surface area contributed by atoms with E-state index >= 15 is 0 Å². The third kappa shape index (κ3) is 7.47. The highest BCUT2D eigenvalue weighted by atomic mass is 32.1. The average Bonchev–Trinajstić information content (AvgIpc) is 3.33. The van der Waals surface area contributed by atoms with E-state index in [1.54, 1.807) is 11.3 Å². The molecule has 2 aromatic heterocycles. The van der Waals surface area contributed by atoms with E-state index in [0.29, 0.717) is 18.7 Å². The zero-order valence-corrected chi connectivity index (χ0v) is 22.6. The van der Waals surface area contributed by atoms with Gasteiger partial charge in [0, 0.05) is 24.7 Å². The molecule has 0 aliphatic rings. The molecule has 0 aliphatic carbocycles. The minimum atomic E-state index is -0.676. The SMILES string of the molecule is Cc1nc(CCc2ccc3ncsc3c2)cc(NC(C)c2cccc(OC(CCN(C)C)C(N)=O)c2)n1. The number of nitrogens with two attached hydrogens (primary N) is 1. The summed E-state index contributed by atoms with van der Waals surface area (Å²) in [7, 11) is 3.90. The Morgan fingerprint density at radius 1 is 1.14 bits per heavy atom. The maximum atomic E-state index is 11.9. The molecule has 0 saturated carbocycles. The smallest absolute Gasteiger partial charge is 0.258 e. The van der Waals surface area contributed by atoms with Crippen molar-refractivity contribution in [2.24, 2.45) is 5.73 Å². The van der Waals surface area contributed by atoms with Gasteiger partial charge in [-0.05, 0) is 76.2 Å². The molecule has 2 atom stereocenters. The molecule has 1 amide bonds. The number of ether oxygens (including phenoxy) is 1. The van der Waals surface area contributed by atoms with Crippen LogP contribution < -0.4 is 15.8 Å². The fourth-order valence-electron chi connectivity index (χ4n) is 4.12. The molecule has 37 heavy (non-hydrogen) atoms. The van der Waals surface area contributed by atoms with Crippen molar-refractivity contribution in [1.82, 2.24) is 19.9 Å². The van der Waals surface area contributed by atoms with Gasteiger partial charge in [0.15, 0.2) is 6.10 Å². The van der Waals surface area contributed by atoms with Gasteiger partial charge in [0.05, 0.1) is 21.8 Å². The molecule has 194 valence electrons. The van der Waals surface area contributed by atoms with Gasteiger partial charge in [-0.15, -0.1) is 11.3 Å². The molecule has 2 heterocycles. The number of carbonyl (C=O) groups excluding carboxylic acids is 1. The van der Waals surface area contributed by atoms with Gasteiger partial charge >= 0.3 is 0 Å². The van der Waals surface area contributed by atoms with E-state index in [2.05, 4.69) is 45.4 Å². The molecule has 0 saturated heterocycles. The van der Waals surface area contributed by atoms with Gasteiger partial charge in [0.2, 0.25) is 0 Å².